The zero-order chi connectivity index (χ0) is 4.28. The van der Waals surface area contributed by atoms with Gasteiger partial charge in [0.25, 0.3) is 0 Å². The van der Waals surface area contributed by atoms with E-state index >= 15 is 0 Å². The monoisotopic (exact) mass is 114 g/mol. The quantitative estimate of drug-likeness (QED) is 0.472. The molecule has 1 atom stereocenters. The lowest BCUT2D eigenvalue weighted by atomic mass is 11.8. The zero-order valence-electron chi connectivity index (χ0n) is 2.69. The molecule has 0 radical (unpaired) electrons. The third-order valence-electron chi connectivity index (χ3n) is 0.160. The van der Waals surface area contributed by atoms with Crippen molar-refractivity contribution in [3.8, 4) is 0 Å². The van der Waals surface area contributed by atoms with E-state index in [1.807, 2.05) is 0 Å². The molecule has 0 aliphatic carbocycles. The van der Waals surface area contributed by atoms with Gasteiger partial charge in [-0.2, -0.15) is 4.20 Å². The highest BCUT2D eigenvalue weighted by molar-refractivity contribution is 8.00. The standard InChI is InChI=1S/CH4FOPS/c1-3-4(2)5/h4H,1H3. The maximum absolute atomic E-state index is 11.1. The lowest BCUT2D eigenvalue weighted by Gasteiger charge is -1.79. The number of halogens is 1. The van der Waals surface area contributed by atoms with Gasteiger partial charge in [0.15, 0.2) is 0 Å². The molecule has 0 spiro atoms. The second-order valence-corrected chi connectivity index (χ2v) is 2.29. The van der Waals surface area contributed by atoms with E-state index in [0.29, 0.717) is 0 Å². The SMILES string of the molecule is CO[PH](F)=S. The van der Waals surface area contributed by atoms with E-state index in [-0.39, 0.29) is 0 Å². The Bertz CT molecular complexity index is 46.9. The van der Waals surface area contributed by atoms with Crippen LogP contribution >= 0.6 is 7.23 Å². The first-order chi connectivity index (χ1) is 2.27. The molecule has 4 heteroatoms. The van der Waals surface area contributed by atoms with E-state index in [4.69, 9.17) is 0 Å². The smallest absolute Gasteiger partial charge is 0.220 e. The largest absolute Gasteiger partial charge is 0.331 e. The lowest BCUT2D eigenvalue weighted by molar-refractivity contribution is 0.447. The van der Waals surface area contributed by atoms with Crippen LogP contribution in [0, 0.1) is 0 Å². The molecule has 0 N–H and O–H groups in total. The summed E-state index contributed by atoms with van der Waals surface area (Å²) in [6.45, 7) is 0. The summed E-state index contributed by atoms with van der Waals surface area (Å²) in [5.41, 5.74) is 0. The molecule has 0 aromatic rings. The van der Waals surface area contributed by atoms with Gasteiger partial charge in [-0.05, 0) is 11.8 Å². The van der Waals surface area contributed by atoms with Gasteiger partial charge in [-0.25, -0.2) is 0 Å². The molecule has 0 bridgehead atoms. The molecule has 5 heavy (non-hydrogen) atoms. The number of hydrogen-bond acceptors (Lipinski definition) is 2. The normalized spacial score (nSPS) is 14.8. The third kappa shape index (κ3) is 4.54. The van der Waals surface area contributed by atoms with Crippen LogP contribution in [0.1, 0.15) is 0 Å². The van der Waals surface area contributed by atoms with Crippen LogP contribution in [-0.4, -0.2) is 7.11 Å². The van der Waals surface area contributed by atoms with Gasteiger partial charge in [0.2, 0.25) is 7.23 Å². The summed E-state index contributed by atoms with van der Waals surface area (Å²) in [4.78, 5) is 0. The van der Waals surface area contributed by atoms with E-state index < -0.39 is 7.23 Å². The van der Waals surface area contributed by atoms with Crippen molar-refractivity contribution in [2.75, 3.05) is 7.11 Å². The van der Waals surface area contributed by atoms with Crippen molar-refractivity contribution in [2.24, 2.45) is 0 Å². The minimum Gasteiger partial charge on any atom is -0.331 e. The molecule has 1 nitrogen and oxygen atoms in total. The highest BCUT2D eigenvalue weighted by Crippen LogP contribution is 2.20. The molecule has 0 aromatic carbocycles. The maximum Gasteiger partial charge on any atom is 0.220 e. The summed E-state index contributed by atoms with van der Waals surface area (Å²) >= 11 is 3.99. The van der Waals surface area contributed by atoms with E-state index in [2.05, 4.69) is 16.3 Å². The van der Waals surface area contributed by atoms with Gasteiger partial charge in [0, 0.05) is 7.11 Å². The van der Waals surface area contributed by atoms with Crippen LogP contribution < -0.4 is 0 Å². The van der Waals surface area contributed by atoms with Crippen molar-refractivity contribution in [2.45, 2.75) is 0 Å². The summed E-state index contributed by atoms with van der Waals surface area (Å²) in [7, 11) is -1.03. The summed E-state index contributed by atoms with van der Waals surface area (Å²) < 4.78 is 15.1. The van der Waals surface area contributed by atoms with Crippen LogP contribution in [0.3, 0.4) is 0 Å². The van der Waals surface area contributed by atoms with Crippen molar-refractivity contribution in [1.29, 1.82) is 0 Å². The van der Waals surface area contributed by atoms with E-state index in [0.717, 1.165) is 0 Å². The second kappa shape index (κ2) is 2.76. The van der Waals surface area contributed by atoms with Gasteiger partial charge < -0.3 is 4.52 Å². The predicted octanol–water partition coefficient (Wildman–Crippen LogP) is 1.11. The fourth-order valence-corrected chi connectivity index (χ4v) is 0. The highest BCUT2D eigenvalue weighted by Gasteiger charge is 1.72. The molecule has 1 unspecified atom stereocenters. The van der Waals surface area contributed by atoms with Crippen molar-refractivity contribution >= 4 is 19.0 Å². The molecule has 0 saturated heterocycles. The van der Waals surface area contributed by atoms with Crippen LogP contribution in [0.25, 0.3) is 0 Å². The minimum atomic E-state index is -2.29. The molecule has 0 saturated carbocycles. The Kier molecular flexibility index (Phi) is 3.06. The number of rotatable bonds is 1. The Balaban J connectivity index is 2.85. The first kappa shape index (κ1) is 5.54. The van der Waals surface area contributed by atoms with Crippen LogP contribution in [0.4, 0.5) is 4.20 Å². The summed E-state index contributed by atoms with van der Waals surface area (Å²) in [6.07, 6.45) is 0. The molecule has 0 aliphatic rings. The van der Waals surface area contributed by atoms with E-state index in [9.17, 15) is 4.20 Å². The Morgan fingerprint density at radius 1 is 2.00 bits per heavy atom. The molecule has 32 valence electrons. The minimum absolute atomic E-state index is 1.27. The van der Waals surface area contributed by atoms with E-state index in [1.165, 1.54) is 7.11 Å². The first-order valence-electron chi connectivity index (χ1n) is 1.01. The topological polar surface area (TPSA) is 9.23 Å². The third-order valence-corrected chi connectivity index (χ3v) is 0.981. The molecule has 0 fully saturated rings. The Hall–Kier alpha value is 0.540. The average molecular weight is 114 g/mol. The molecular formula is CH4FOPS. The summed E-state index contributed by atoms with van der Waals surface area (Å²) in [5.74, 6) is 0. The lowest BCUT2D eigenvalue weighted by Crippen LogP contribution is -1.50. The van der Waals surface area contributed by atoms with Gasteiger partial charge in [-0.3, -0.25) is 0 Å². The Morgan fingerprint density at radius 3 is 2.20 bits per heavy atom. The molecule has 0 heterocycles. The molecule has 0 rings (SSSR count). The zero-order valence-corrected chi connectivity index (χ0v) is 4.51. The van der Waals surface area contributed by atoms with Gasteiger partial charge in [-0.15, -0.1) is 0 Å². The van der Waals surface area contributed by atoms with Crippen molar-refractivity contribution in [3.63, 3.8) is 0 Å². The second-order valence-electron chi connectivity index (χ2n) is 0.442. The average Bonchev–Trinajstić information content (AvgIpc) is 1.38. The van der Waals surface area contributed by atoms with Crippen LogP contribution in [-0.2, 0) is 16.3 Å². The van der Waals surface area contributed by atoms with Gasteiger partial charge in [0.1, 0.15) is 0 Å². The van der Waals surface area contributed by atoms with Gasteiger partial charge in [0.05, 0.1) is 0 Å². The summed E-state index contributed by atoms with van der Waals surface area (Å²) in [5, 5.41) is 0. The number of hydrogen-bond donors (Lipinski definition) is 0. The first-order valence-corrected chi connectivity index (χ1v) is 3.42. The molecule has 0 amide bonds. The maximum atomic E-state index is 11.1. The van der Waals surface area contributed by atoms with Gasteiger partial charge >= 0.3 is 0 Å². The Labute approximate surface area is 35.8 Å². The van der Waals surface area contributed by atoms with Crippen molar-refractivity contribution in [3.05, 3.63) is 0 Å². The summed E-state index contributed by atoms with van der Waals surface area (Å²) in [6, 6.07) is 0. The van der Waals surface area contributed by atoms with Crippen LogP contribution in [0.2, 0.25) is 0 Å². The molecular weight excluding hydrogens is 110 g/mol. The van der Waals surface area contributed by atoms with Gasteiger partial charge in [-0.1, -0.05) is 0 Å². The van der Waals surface area contributed by atoms with Crippen molar-refractivity contribution in [1.82, 2.24) is 0 Å². The highest BCUT2D eigenvalue weighted by atomic mass is 32.4. The fraction of sp³-hybridized carbons (Fsp3) is 1.00. The van der Waals surface area contributed by atoms with E-state index in [1.54, 1.807) is 0 Å². The Morgan fingerprint density at radius 2 is 2.20 bits per heavy atom. The van der Waals surface area contributed by atoms with Crippen LogP contribution in [0.5, 0.6) is 0 Å². The van der Waals surface area contributed by atoms with Crippen LogP contribution in [0.15, 0.2) is 0 Å². The van der Waals surface area contributed by atoms with Crippen molar-refractivity contribution < 1.29 is 8.72 Å². The predicted molar refractivity (Wildman–Crippen MR) is 23.8 cm³/mol. The fourth-order valence-electron chi connectivity index (χ4n) is 0. The molecule has 0 aliphatic heterocycles. The molecule has 0 aromatic heterocycles.